The van der Waals surface area contributed by atoms with Crippen molar-refractivity contribution in [3.8, 4) is 0 Å². The summed E-state index contributed by atoms with van der Waals surface area (Å²) < 4.78 is 27.7. The second-order valence-corrected chi connectivity index (χ2v) is 7.59. The van der Waals surface area contributed by atoms with E-state index in [9.17, 15) is 13.2 Å². The van der Waals surface area contributed by atoms with Gasteiger partial charge in [-0.1, -0.05) is 30.1 Å². The number of nitrogens with one attached hydrogen (secondary N) is 1. The Morgan fingerprint density at radius 2 is 2.00 bits per heavy atom. The number of hydrogen-bond acceptors (Lipinski definition) is 4. The lowest BCUT2D eigenvalue weighted by Gasteiger charge is -2.17. The van der Waals surface area contributed by atoms with E-state index in [0.717, 1.165) is 12.1 Å². The maximum absolute atomic E-state index is 12.2. The molecule has 1 amide bonds. The number of rotatable bonds is 6. The average Bonchev–Trinajstić information content (AvgIpc) is 2.39. The van der Waals surface area contributed by atoms with Gasteiger partial charge in [0.15, 0.2) is 0 Å². The Bertz CT molecular complexity index is 634. The molecule has 1 rings (SSSR count). The number of carbonyl (C=O) groups excluding carboxylic acids is 1. The Morgan fingerprint density at radius 3 is 2.48 bits per heavy atom. The van der Waals surface area contributed by atoms with Gasteiger partial charge in [-0.3, -0.25) is 4.79 Å². The third-order valence-electron chi connectivity index (χ3n) is 2.72. The molecule has 9 heteroatoms. The van der Waals surface area contributed by atoms with E-state index in [4.69, 9.17) is 38.6 Å². The van der Waals surface area contributed by atoms with Crippen molar-refractivity contribution in [2.45, 2.75) is 24.3 Å². The van der Waals surface area contributed by atoms with E-state index in [0.29, 0.717) is 13.0 Å². The van der Waals surface area contributed by atoms with Gasteiger partial charge in [-0.25, -0.2) is 8.42 Å². The zero-order valence-electron chi connectivity index (χ0n) is 11.3. The summed E-state index contributed by atoms with van der Waals surface area (Å²) >= 11 is 11.8. The van der Waals surface area contributed by atoms with Crippen LogP contribution in [0.4, 0.5) is 0 Å². The van der Waals surface area contributed by atoms with Gasteiger partial charge < -0.3 is 10.1 Å². The molecule has 1 aromatic rings. The molecule has 0 saturated heterocycles. The van der Waals surface area contributed by atoms with E-state index in [1.54, 1.807) is 0 Å². The van der Waals surface area contributed by atoms with Crippen LogP contribution in [0.15, 0.2) is 17.0 Å². The van der Waals surface area contributed by atoms with Crippen LogP contribution in [-0.2, 0) is 13.8 Å². The minimum absolute atomic E-state index is 0.0366. The summed E-state index contributed by atoms with van der Waals surface area (Å²) in [5.41, 5.74) is -0.0575. The molecule has 0 spiro atoms. The Labute approximate surface area is 137 Å². The fourth-order valence-corrected chi connectivity index (χ4v) is 2.86. The van der Waals surface area contributed by atoms with Gasteiger partial charge in [0, 0.05) is 17.8 Å². The fraction of sp³-hybridized carbons (Fsp3) is 0.417. The molecule has 0 aliphatic rings. The molecule has 1 aromatic carbocycles. The van der Waals surface area contributed by atoms with E-state index >= 15 is 0 Å². The van der Waals surface area contributed by atoms with Gasteiger partial charge in [-0.15, -0.1) is 0 Å². The Balaban J connectivity index is 3.17. The molecular weight excluding hydrogens is 361 g/mol. The van der Waals surface area contributed by atoms with Crippen molar-refractivity contribution in [2.24, 2.45) is 0 Å². The molecule has 0 bridgehead atoms. The van der Waals surface area contributed by atoms with Crippen LogP contribution in [0.5, 0.6) is 0 Å². The third-order valence-corrected chi connectivity index (χ3v) is 4.86. The smallest absolute Gasteiger partial charge is 0.261 e. The summed E-state index contributed by atoms with van der Waals surface area (Å²) in [4.78, 5) is 11.9. The molecule has 5 nitrogen and oxygen atoms in total. The van der Waals surface area contributed by atoms with E-state index in [-0.39, 0.29) is 26.5 Å². The largest absolute Gasteiger partial charge is 0.383 e. The first-order chi connectivity index (χ1) is 9.70. The Kier molecular flexibility index (Phi) is 6.74. The summed E-state index contributed by atoms with van der Waals surface area (Å²) in [6.07, 6.45) is 0.637. The molecule has 118 valence electrons. The van der Waals surface area contributed by atoms with Crippen LogP contribution in [0.1, 0.15) is 23.7 Å². The number of ether oxygens (including phenoxy) is 1. The first-order valence-electron chi connectivity index (χ1n) is 5.94. The van der Waals surface area contributed by atoms with Crippen LogP contribution < -0.4 is 5.32 Å². The minimum Gasteiger partial charge on any atom is -0.383 e. The van der Waals surface area contributed by atoms with E-state index in [1.165, 1.54) is 7.11 Å². The number of amides is 1. The van der Waals surface area contributed by atoms with Gasteiger partial charge in [-0.2, -0.15) is 0 Å². The molecule has 0 saturated carbocycles. The van der Waals surface area contributed by atoms with Crippen LogP contribution >= 0.6 is 33.9 Å². The maximum Gasteiger partial charge on any atom is 0.261 e. The monoisotopic (exact) mass is 373 g/mol. The Morgan fingerprint density at radius 1 is 1.38 bits per heavy atom. The molecular formula is C12H14Cl3NO4S. The van der Waals surface area contributed by atoms with Crippen molar-refractivity contribution in [2.75, 3.05) is 13.7 Å². The number of methoxy groups -OCH3 is 1. The molecule has 0 aromatic heterocycles. The zero-order valence-corrected chi connectivity index (χ0v) is 14.4. The van der Waals surface area contributed by atoms with Crippen molar-refractivity contribution < 1.29 is 17.9 Å². The summed E-state index contributed by atoms with van der Waals surface area (Å²) in [5, 5.41) is 2.58. The highest BCUT2D eigenvalue weighted by Gasteiger charge is 2.21. The molecule has 0 aliphatic carbocycles. The van der Waals surface area contributed by atoms with E-state index in [1.807, 2.05) is 6.92 Å². The summed E-state index contributed by atoms with van der Waals surface area (Å²) in [6, 6.07) is 1.95. The minimum atomic E-state index is -4.02. The van der Waals surface area contributed by atoms with Crippen molar-refractivity contribution >= 4 is 48.8 Å². The fourth-order valence-electron chi connectivity index (χ4n) is 1.60. The zero-order chi connectivity index (χ0) is 16.2. The lowest BCUT2D eigenvalue weighted by molar-refractivity contribution is 0.0894. The van der Waals surface area contributed by atoms with Crippen molar-refractivity contribution in [1.82, 2.24) is 5.32 Å². The number of benzene rings is 1. The van der Waals surface area contributed by atoms with Crippen molar-refractivity contribution in [3.05, 3.63) is 27.7 Å². The highest BCUT2D eigenvalue weighted by Crippen LogP contribution is 2.30. The van der Waals surface area contributed by atoms with Crippen LogP contribution in [0.2, 0.25) is 10.0 Å². The molecule has 0 heterocycles. The molecule has 0 fully saturated rings. The molecule has 21 heavy (non-hydrogen) atoms. The maximum atomic E-state index is 12.2. The van der Waals surface area contributed by atoms with Crippen LogP contribution in [0.25, 0.3) is 0 Å². The van der Waals surface area contributed by atoms with Gasteiger partial charge >= 0.3 is 0 Å². The lowest BCUT2D eigenvalue weighted by Crippen LogP contribution is -2.37. The predicted octanol–water partition coefficient (Wildman–Crippen LogP) is 3.08. The Hall–Kier alpha value is -0.530. The summed E-state index contributed by atoms with van der Waals surface area (Å²) in [7, 11) is 2.76. The first-order valence-corrected chi connectivity index (χ1v) is 9.00. The second kappa shape index (κ2) is 7.65. The molecule has 1 atom stereocenters. The van der Waals surface area contributed by atoms with Crippen LogP contribution in [0, 0.1) is 0 Å². The van der Waals surface area contributed by atoms with Gasteiger partial charge in [0.2, 0.25) is 0 Å². The van der Waals surface area contributed by atoms with Crippen molar-refractivity contribution in [3.63, 3.8) is 0 Å². The number of hydrogen-bond donors (Lipinski definition) is 1. The topological polar surface area (TPSA) is 72.5 Å². The van der Waals surface area contributed by atoms with Gasteiger partial charge in [-0.05, 0) is 18.6 Å². The number of carbonyl (C=O) groups is 1. The van der Waals surface area contributed by atoms with E-state index < -0.39 is 15.0 Å². The predicted molar refractivity (Wildman–Crippen MR) is 82.9 cm³/mol. The molecule has 1 unspecified atom stereocenters. The number of halogens is 3. The summed E-state index contributed by atoms with van der Waals surface area (Å²) in [5.74, 6) is -0.548. The molecule has 1 N–H and O–H groups in total. The quantitative estimate of drug-likeness (QED) is 0.777. The average molecular weight is 375 g/mol. The van der Waals surface area contributed by atoms with Crippen LogP contribution in [-0.4, -0.2) is 34.1 Å². The van der Waals surface area contributed by atoms with Gasteiger partial charge in [0.25, 0.3) is 15.0 Å². The van der Waals surface area contributed by atoms with Crippen molar-refractivity contribution in [1.29, 1.82) is 0 Å². The van der Waals surface area contributed by atoms with Crippen LogP contribution in [0.3, 0.4) is 0 Å². The third kappa shape index (κ3) is 5.00. The molecule has 0 radical (unpaired) electrons. The normalized spacial score (nSPS) is 13.0. The second-order valence-electron chi connectivity index (χ2n) is 4.24. The van der Waals surface area contributed by atoms with E-state index in [2.05, 4.69) is 5.32 Å². The summed E-state index contributed by atoms with van der Waals surface area (Å²) in [6.45, 7) is 2.19. The lowest BCUT2D eigenvalue weighted by atomic mass is 10.1. The standard InChI is InChI=1S/C12H14Cl3NO4S/c1-3-7(6-20-2)16-12(17)9-4-8(21(15,18)19)5-10(13)11(9)14/h4-5,7H,3,6H2,1-2H3,(H,16,17). The van der Waals surface area contributed by atoms with Gasteiger partial charge in [0.1, 0.15) is 0 Å². The highest BCUT2D eigenvalue weighted by molar-refractivity contribution is 8.13. The highest BCUT2D eigenvalue weighted by atomic mass is 35.7. The molecule has 0 aliphatic heterocycles. The first kappa shape index (κ1) is 18.5. The SMILES string of the molecule is CCC(COC)NC(=O)c1cc(S(=O)(=O)Cl)cc(Cl)c1Cl. The van der Waals surface area contributed by atoms with Gasteiger partial charge in [0.05, 0.1) is 33.2 Å².